The minimum absolute atomic E-state index is 0.227. The molecule has 6 heteroatoms. The first kappa shape index (κ1) is 9.94. The highest BCUT2D eigenvalue weighted by Gasteiger charge is 2.04. The minimum Gasteiger partial charge on any atom is -0.329 e. The Morgan fingerprint density at radius 3 is 2.77 bits per heavy atom. The van der Waals surface area contributed by atoms with Crippen molar-refractivity contribution in [1.29, 1.82) is 0 Å². The Bertz CT molecular complexity index is 434. The third-order valence-electron chi connectivity index (χ3n) is 1.33. The number of H-pyrrole nitrogens is 1. The average molecular weight is 203 g/mol. The van der Waals surface area contributed by atoms with Gasteiger partial charge in [-0.2, -0.15) is 8.42 Å². The molecule has 0 aliphatic heterocycles. The lowest BCUT2D eigenvalue weighted by molar-refractivity contribution is 0.310. The van der Waals surface area contributed by atoms with Gasteiger partial charge in [0.2, 0.25) is 0 Å². The van der Waals surface area contributed by atoms with Crippen LogP contribution in [0.3, 0.4) is 0 Å². The summed E-state index contributed by atoms with van der Waals surface area (Å²) in [6.07, 6.45) is 2.40. The fourth-order valence-corrected chi connectivity index (χ4v) is 1.08. The number of hydrogen-bond donors (Lipinski definition) is 1. The van der Waals surface area contributed by atoms with Crippen molar-refractivity contribution in [2.24, 2.45) is 0 Å². The van der Waals surface area contributed by atoms with Crippen LogP contribution in [0.1, 0.15) is 5.56 Å². The van der Waals surface area contributed by atoms with Crippen LogP contribution in [-0.4, -0.2) is 19.7 Å². The van der Waals surface area contributed by atoms with Gasteiger partial charge >= 0.3 is 0 Å². The molecule has 0 bridgehead atoms. The van der Waals surface area contributed by atoms with E-state index in [9.17, 15) is 13.2 Å². The Morgan fingerprint density at radius 1 is 1.54 bits per heavy atom. The van der Waals surface area contributed by atoms with Crippen molar-refractivity contribution >= 4 is 10.1 Å². The molecule has 5 nitrogen and oxygen atoms in total. The van der Waals surface area contributed by atoms with Gasteiger partial charge in [-0.05, 0) is 12.1 Å². The van der Waals surface area contributed by atoms with Crippen molar-refractivity contribution in [3.8, 4) is 0 Å². The highest BCUT2D eigenvalue weighted by molar-refractivity contribution is 7.85. The van der Waals surface area contributed by atoms with E-state index in [1.54, 1.807) is 6.07 Å². The van der Waals surface area contributed by atoms with Crippen molar-refractivity contribution in [2.45, 2.75) is 6.61 Å². The van der Waals surface area contributed by atoms with Crippen LogP contribution in [-0.2, 0) is 20.9 Å². The number of hydrogen-bond acceptors (Lipinski definition) is 4. The molecule has 0 amide bonds. The van der Waals surface area contributed by atoms with Crippen LogP contribution in [0.4, 0.5) is 0 Å². The first-order valence-corrected chi connectivity index (χ1v) is 5.32. The molecule has 0 saturated carbocycles. The zero-order valence-electron chi connectivity index (χ0n) is 6.98. The minimum atomic E-state index is -3.49. The normalized spacial score (nSPS) is 11.5. The monoisotopic (exact) mass is 203 g/mol. The molecule has 0 aliphatic carbocycles. The molecule has 1 rings (SSSR count). The smallest absolute Gasteiger partial charge is 0.264 e. The highest BCUT2D eigenvalue weighted by atomic mass is 32.2. The quantitative estimate of drug-likeness (QED) is 0.693. The van der Waals surface area contributed by atoms with Crippen molar-refractivity contribution in [2.75, 3.05) is 6.26 Å². The predicted octanol–water partition coefficient (Wildman–Crippen LogP) is -0.149. The summed E-state index contributed by atoms with van der Waals surface area (Å²) >= 11 is 0. The van der Waals surface area contributed by atoms with Gasteiger partial charge in [0.25, 0.3) is 15.7 Å². The molecular formula is C7H9NO4S. The van der Waals surface area contributed by atoms with Crippen LogP contribution in [0.15, 0.2) is 23.1 Å². The Hall–Kier alpha value is -1.14. The summed E-state index contributed by atoms with van der Waals surface area (Å²) in [6.45, 7) is -0.227. The third kappa shape index (κ3) is 3.39. The maximum Gasteiger partial charge on any atom is 0.264 e. The van der Waals surface area contributed by atoms with Gasteiger partial charge < -0.3 is 4.98 Å². The van der Waals surface area contributed by atoms with E-state index >= 15 is 0 Å². The summed E-state index contributed by atoms with van der Waals surface area (Å²) in [5.41, 5.74) is -0.0564. The topological polar surface area (TPSA) is 76.2 Å². The van der Waals surface area contributed by atoms with E-state index < -0.39 is 10.1 Å². The van der Waals surface area contributed by atoms with Gasteiger partial charge in [0.15, 0.2) is 0 Å². The molecule has 0 aromatic carbocycles. The molecule has 0 spiro atoms. The average Bonchev–Trinajstić information content (AvgIpc) is 2.01. The zero-order valence-corrected chi connectivity index (χ0v) is 7.80. The number of rotatable bonds is 3. The second kappa shape index (κ2) is 3.71. The van der Waals surface area contributed by atoms with E-state index in [1.807, 2.05) is 0 Å². The Balaban J connectivity index is 2.77. The molecule has 0 atom stereocenters. The van der Waals surface area contributed by atoms with Crippen molar-refractivity contribution in [3.05, 3.63) is 34.2 Å². The summed E-state index contributed by atoms with van der Waals surface area (Å²) in [5, 5.41) is 0. The lowest BCUT2D eigenvalue weighted by atomic mass is 10.3. The lowest BCUT2D eigenvalue weighted by Gasteiger charge is -1.99. The summed E-state index contributed by atoms with van der Waals surface area (Å²) in [4.78, 5) is 13.4. The summed E-state index contributed by atoms with van der Waals surface area (Å²) in [7, 11) is -3.49. The molecule has 72 valence electrons. The zero-order chi connectivity index (χ0) is 9.90. The Labute approximate surface area is 75.5 Å². The van der Waals surface area contributed by atoms with E-state index in [1.165, 1.54) is 12.3 Å². The van der Waals surface area contributed by atoms with Gasteiger partial charge in [0, 0.05) is 11.8 Å². The van der Waals surface area contributed by atoms with Gasteiger partial charge in [-0.25, -0.2) is 0 Å². The maximum atomic E-state index is 11.0. The summed E-state index contributed by atoms with van der Waals surface area (Å²) < 4.78 is 25.6. The van der Waals surface area contributed by atoms with Gasteiger partial charge in [-0.15, -0.1) is 0 Å². The number of aromatic nitrogens is 1. The van der Waals surface area contributed by atoms with Crippen LogP contribution in [0.2, 0.25) is 0 Å². The fourth-order valence-electron chi connectivity index (χ4n) is 0.741. The number of aromatic amines is 1. The largest absolute Gasteiger partial charge is 0.329 e. The third-order valence-corrected chi connectivity index (χ3v) is 1.87. The van der Waals surface area contributed by atoms with Crippen LogP contribution < -0.4 is 5.56 Å². The van der Waals surface area contributed by atoms with Crippen LogP contribution in [0, 0.1) is 0 Å². The van der Waals surface area contributed by atoms with Crippen molar-refractivity contribution in [3.63, 3.8) is 0 Å². The number of pyridine rings is 1. The van der Waals surface area contributed by atoms with E-state index in [0.717, 1.165) is 6.26 Å². The SMILES string of the molecule is CS(=O)(=O)OCc1ccc[nH]c1=O. The van der Waals surface area contributed by atoms with E-state index in [4.69, 9.17) is 0 Å². The van der Waals surface area contributed by atoms with Crippen LogP contribution in [0.5, 0.6) is 0 Å². The molecule has 0 fully saturated rings. The molecule has 1 aromatic rings. The Morgan fingerprint density at radius 2 is 2.23 bits per heavy atom. The Kier molecular flexibility index (Phi) is 2.84. The van der Waals surface area contributed by atoms with Crippen molar-refractivity contribution in [1.82, 2.24) is 4.98 Å². The summed E-state index contributed by atoms with van der Waals surface area (Å²) in [5.74, 6) is 0. The summed E-state index contributed by atoms with van der Waals surface area (Å²) in [6, 6.07) is 3.10. The van der Waals surface area contributed by atoms with E-state index in [2.05, 4.69) is 9.17 Å². The second-order valence-corrected chi connectivity index (χ2v) is 4.13. The first-order chi connectivity index (χ1) is 5.99. The predicted molar refractivity (Wildman–Crippen MR) is 46.7 cm³/mol. The fraction of sp³-hybridized carbons (Fsp3) is 0.286. The van der Waals surface area contributed by atoms with Crippen LogP contribution >= 0.6 is 0 Å². The van der Waals surface area contributed by atoms with Crippen molar-refractivity contribution < 1.29 is 12.6 Å². The molecule has 0 aliphatic rings. The lowest BCUT2D eigenvalue weighted by Crippen LogP contribution is -2.14. The molecule has 0 radical (unpaired) electrons. The molecule has 0 saturated heterocycles. The molecule has 0 unspecified atom stereocenters. The number of nitrogens with one attached hydrogen (secondary N) is 1. The molecule has 1 aromatic heterocycles. The second-order valence-electron chi connectivity index (χ2n) is 2.49. The van der Waals surface area contributed by atoms with Gasteiger partial charge in [-0.1, -0.05) is 0 Å². The van der Waals surface area contributed by atoms with E-state index in [0.29, 0.717) is 0 Å². The molecule has 13 heavy (non-hydrogen) atoms. The molecule has 1 heterocycles. The van der Waals surface area contributed by atoms with Gasteiger partial charge in [0.1, 0.15) is 0 Å². The molecule has 1 N–H and O–H groups in total. The highest BCUT2D eigenvalue weighted by Crippen LogP contribution is 1.96. The maximum absolute atomic E-state index is 11.0. The standard InChI is InChI=1S/C7H9NO4S/c1-13(10,11)12-5-6-3-2-4-8-7(6)9/h2-4H,5H2,1H3,(H,8,9). The van der Waals surface area contributed by atoms with E-state index in [-0.39, 0.29) is 17.7 Å². The molecular weight excluding hydrogens is 194 g/mol. The first-order valence-electron chi connectivity index (χ1n) is 3.50. The van der Waals surface area contributed by atoms with Gasteiger partial charge in [0.05, 0.1) is 12.9 Å². The van der Waals surface area contributed by atoms with Crippen LogP contribution in [0.25, 0.3) is 0 Å². The van der Waals surface area contributed by atoms with Gasteiger partial charge in [-0.3, -0.25) is 8.98 Å².